The topological polar surface area (TPSA) is 56.2 Å². The number of aromatic amines is 1. The van der Waals surface area contributed by atoms with Gasteiger partial charge in [0.05, 0.1) is 25.1 Å². The number of H-pyrrole nitrogens is 1. The van der Waals surface area contributed by atoms with Crippen LogP contribution in [0.1, 0.15) is 12.8 Å². The molecule has 5 heteroatoms. The van der Waals surface area contributed by atoms with E-state index in [1.54, 1.807) is 20.3 Å². The number of pyridine rings is 1. The highest BCUT2D eigenvalue weighted by molar-refractivity contribution is 6.05. The monoisotopic (exact) mass is 374 g/mol. The van der Waals surface area contributed by atoms with E-state index in [0.717, 1.165) is 45.5 Å². The average molecular weight is 374 g/mol. The summed E-state index contributed by atoms with van der Waals surface area (Å²) in [4.78, 5) is 16.4. The van der Waals surface area contributed by atoms with Crippen molar-refractivity contribution in [3.63, 3.8) is 0 Å². The summed E-state index contributed by atoms with van der Waals surface area (Å²) in [6.07, 6.45) is 4.72. The van der Waals surface area contributed by atoms with Crippen molar-refractivity contribution in [2.24, 2.45) is 5.92 Å². The van der Waals surface area contributed by atoms with E-state index in [-0.39, 0.29) is 5.43 Å². The van der Waals surface area contributed by atoms with Crippen LogP contribution in [-0.4, -0.2) is 23.8 Å². The van der Waals surface area contributed by atoms with Gasteiger partial charge in [-0.15, -0.1) is 0 Å². The number of rotatable bonds is 5. The van der Waals surface area contributed by atoms with Crippen LogP contribution in [0.5, 0.6) is 11.5 Å². The number of aromatic nitrogens is 2. The third kappa shape index (κ3) is 2.74. The first-order chi connectivity index (χ1) is 13.7. The van der Waals surface area contributed by atoms with Crippen LogP contribution in [0.2, 0.25) is 0 Å². The smallest absolute Gasteiger partial charge is 0.190 e. The van der Waals surface area contributed by atoms with Gasteiger partial charge in [0, 0.05) is 41.0 Å². The zero-order valence-corrected chi connectivity index (χ0v) is 16.0. The van der Waals surface area contributed by atoms with Crippen LogP contribution in [0.4, 0.5) is 0 Å². The van der Waals surface area contributed by atoms with Gasteiger partial charge in [0.1, 0.15) is 0 Å². The van der Waals surface area contributed by atoms with E-state index < -0.39 is 0 Å². The molecular formula is C23H22N2O3. The molecule has 5 nitrogen and oxygen atoms in total. The van der Waals surface area contributed by atoms with Crippen molar-refractivity contribution in [1.82, 2.24) is 9.55 Å². The van der Waals surface area contributed by atoms with Crippen molar-refractivity contribution in [3.05, 3.63) is 58.9 Å². The van der Waals surface area contributed by atoms with Crippen LogP contribution < -0.4 is 14.9 Å². The summed E-state index contributed by atoms with van der Waals surface area (Å²) in [5, 5.41) is 1.76. The molecule has 0 radical (unpaired) electrons. The molecule has 1 N–H and O–H groups in total. The number of methoxy groups -OCH3 is 2. The highest BCUT2D eigenvalue weighted by Crippen LogP contribution is 2.34. The Morgan fingerprint density at radius 3 is 2.61 bits per heavy atom. The molecule has 1 aliphatic carbocycles. The number of nitrogens with zero attached hydrogens (tertiary/aromatic N) is 1. The first-order valence-corrected chi connectivity index (χ1v) is 9.55. The highest BCUT2D eigenvalue weighted by atomic mass is 16.5. The number of ether oxygens (including phenoxy) is 2. The van der Waals surface area contributed by atoms with Crippen molar-refractivity contribution in [1.29, 1.82) is 0 Å². The Kier molecular flexibility index (Phi) is 3.90. The molecule has 0 bridgehead atoms. The Balaban J connectivity index is 1.65. The molecule has 0 spiro atoms. The minimum atomic E-state index is 0.0216. The summed E-state index contributed by atoms with van der Waals surface area (Å²) in [6.45, 7) is 1.04. The molecule has 1 fully saturated rings. The second-order valence-corrected chi connectivity index (χ2v) is 7.45. The Bertz CT molecular complexity index is 1250. The van der Waals surface area contributed by atoms with Crippen molar-refractivity contribution in [3.8, 4) is 22.8 Å². The molecule has 1 saturated carbocycles. The summed E-state index contributed by atoms with van der Waals surface area (Å²) >= 11 is 0. The maximum absolute atomic E-state index is 13.0. The maximum atomic E-state index is 13.0. The van der Waals surface area contributed by atoms with Crippen molar-refractivity contribution in [2.45, 2.75) is 19.4 Å². The molecule has 2 aromatic carbocycles. The summed E-state index contributed by atoms with van der Waals surface area (Å²) in [6, 6.07) is 13.5. The molecule has 0 amide bonds. The van der Waals surface area contributed by atoms with Gasteiger partial charge in [-0.05, 0) is 55.2 Å². The number of hydrogen-bond donors (Lipinski definition) is 1. The second kappa shape index (κ2) is 6.44. The quantitative estimate of drug-likeness (QED) is 0.556. The number of hydrogen-bond acceptors (Lipinski definition) is 3. The predicted molar refractivity (Wildman–Crippen MR) is 111 cm³/mol. The van der Waals surface area contributed by atoms with Gasteiger partial charge in [-0.1, -0.05) is 0 Å². The molecule has 142 valence electrons. The van der Waals surface area contributed by atoms with Gasteiger partial charge in [0.25, 0.3) is 0 Å². The van der Waals surface area contributed by atoms with E-state index in [1.807, 2.05) is 24.3 Å². The van der Waals surface area contributed by atoms with E-state index >= 15 is 0 Å². The largest absolute Gasteiger partial charge is 0.493 e. The van der Waals surface area contributed by atoms with Crippen molar-refractivity contribution >= 4 is 21.8 Å². The summed E-state index contributed by atoms with van der Waals surface area (Å²) in [5.41, 5.74) is 3.63. The van der Waals surface area contributed by atoms with Gasteiger partial charge in [-0.2, -0.15) is 0 Å². The molecule has 4 aromatic rings. The predicted octanol–water partition coefficient (Wildman–Crippen LogP) is 4.58. The zero-order chi connectivity index (χ0) is 19.3. The lowest BCUT2D eigenvalue weighted by Crippen LogP contribution is -2.04. The van der Waals surface area contributed by atoms with Gasteiger partial charge in [0.2, 0.25) is 0 Å². The minimum Gasteiger partial charge on any atom is -0.493 e. The average Bonchev–Trinajstić information content (AvgIpc) is 3.45. The van der Waals surface area contributed by atoms with E-state index in [2.05, 4.69) is 27.9 Å². The molecule has 28 heavy (non-hydrogen) atoms. The third-order valence-corrected chi connectivity index (χ3v) is 5.59. The lowest BCUT2D eigenvalue weighted by atomic mass is 10.1. The molecule has 0 unspecified atom stereocenters. The van der Waals surface area contributed by atoms with Gasteiger partial charge in [0.15, 0.2) is 16.9 Å². The third-order valence-electron chi connectivity index (χ3n) is 5.59. The van der Waals surface area contributed by atoms with Crippen LogP contribution in [0.25, 0.3) is 33.1 Å². The van der Waals surface area contributed by atoms with E-state index in [1.165, 1.54) is 12.8 Å². The molecule has 2 heterocycles. The fraction of sp³-hybridized carbons (Fsp3) is 0.261. The van der Waals surface area contributed by atoms with Gasteiger partial charge in [-0.3, -0.25) is 4.79 Å². The fourth-order valence-electron chi connectivity index (χ4n) is 3.92. The number of nitrogens with one attached hydrogen (secondary N) is 1. The summed E-state index contributed by atoms with van der Waals surface area (Å²) in [7, 11) is 3.21. The van der Waals surface area contributed by atoms with Crippen LogP contribution in [-0.2, 0) is 6.54 Å². The SMILES string of the molecule is COc1ccc(-c2cc(=O)c3c(ccc4c3ccn4CC3CC3)[nH]2)cc1OC. The minimum absolute atomic E-state index is 0.0216. The molecule has 1 aliphatic rings. The standard InChI is InChI=1S/C23H22N2O3/c1-27-21-8-5-15(11-22(21)28-2)18-12-20(26)23-16-9-10-25(13-14-3-4-14)19(16)7-6-17(23)24-18/h5-12,14H,3-4,13H2,1-2H3,(H,24,26). The summed E-state index contributed by atoms with van der Waals surface area (Å²) < 4.78 is 13.0. The van der Waals surface area contributed by atoms with Crippen LogP contribution in [0.3, 0.4) is 0 Å². The van der Waals surface area contributed by atoms with E-state index in [4.69, 9.17) is 9.47 Å². The Hall–Kier alpha value is -3.21. The highest BCUT2D eigenvalue weighted by Gasteiger charge is 2.22. The number of fused-ring (bicyclic) bond motifs is 3. The first-order valence-electron chi connectivity index (χ1n) is 9.55. The summed E-state index contributed by atoms with van der Waals surface area (Å²) in [5.74, 6) is 2.08. The molecule has 0 aliphatic heterocycles. The normalized spacial score (nSPS) is 13.9. The number of benzene rings is 2. The molecule has 5 rings (SSSR count). The second-order valence-electron chi connectivity index (χ2n) is 7.45. The van der Waals surface area contributed by atoms with Crippen molar-refractivity contribution in [2.75, 3.05) is 14.2 Å². The van der Waals surface area contributed by atoms with E-state index in [0.29, 0.717) is 11.5 Å². The van der Waals surface area contributed by atoms with Crippen LogP contribution in [0.15, 0.2) is 53.5 Å². The molecular weight excluding hydrogens is 352 g/mol. The Morgan fingerprint density at radius 2 is 1.86 bits per heavy atom. The van der Waals surface area contributed by atoms with Crippen LogP contribution >= 0.6 is 0 Å². The Morgan fingerprint density at radius 1 is 1.04 bits per heavy atom. The van der Waals surface area contributed by atoms with Gasteiger partial charge in [-0.25, -0.2) is 0 Å². The van der Waals surface area contributed by atoms with Crippen molar-refractivity contribution < 1.29 is 9.47 Å². The van der Waals surface area contributed by atoms with E-state index in [9.17, 15) is 4.79 Å². The Labute approximate surface area is 162 Å². The fourth-order valence-corrected chi connectivity index (χ4v) is 3.92. The lowest BCUT2D eigenvalue weighted by Gasteiger charge is -2.11. The maximum Gasteiger partial charge on any atom is 0.190 e. The first kappa shape index (κ1) is 16.9. The molecule has 0 saturated heterocycles. The molecule has 0 atom stereocenters. The van der Waals surface area contributed by atoms with Gasteiger partial charge < -0.3 is 19.0 Å². The van der Waals surface area contributed by atoms with Crippen LogP contribution in [0, 0.1) is 5.92 Å². The molecule has 2 aromatic heterocycles. The van der Waals surface area contributed by atoms with Gasteiger partial charge >= 0.3 is 0 Å². The lowest BCUT2D eigenvalue weighted by molar-refractivity contribution is 0.355. The zero-order valence-electron chi connectivity index (χ0n) is 16.0.